The van der Waals surface area contributed by atoms with Crippen molar-refractivity contribution in [3.63, 3.8) is 0 Å². The molecular formula is C21H27NO3S. The largest absolute Gasteiger partial charge is 0.872 e. The van der Waals surface area contributed by atoms with Crippen molar-refractivity contribution >= 4 is 17.1 Å². The van der Waals surface area contributed by atoms with Gasteiger partial charge in [-0.25, -0.2) is 0 Å². The van der Waals surface area contributed by atoms with Crippen LogP contribution in [0.5, 0.6) is 11.5 Å². The van der Waals surface area contributed by atoms with E-state index in [0.717, 1.165) is 33.1 Å². The summed E-state index contributed by atoms with van der Waals surface area (Å²) in [7, 11) is 0. The van der Waals surface area contributed by atoms with E-state index in [2.05, 4.69) is 18.4 Å². The summed E-state index contributed by atoms with van der Waals surface area (Å²) in [6.45, 7) is 14.0. The average molecular weight is 374 g/mol. The van der Waals surface area contributed by atoms with Crippen LogP contribution >= 0.6 is 11.3 Å². The van der Waals surface area contributed by atoms with Crippen LogP contribution in [0.1, 0.15) is 51.2 Å². The minimum Gasteiger partial charge on any atom is -0.872 e. The van der Waals surface area contributed by atoms with E-state index in [1.165, 1.54) is 4.88 Å². The van der Waals surface area contributed by atoms with Crippen LogP contribution in [0.3, 0.4) is 0 Å². The van der Waals surface area contributed by atoms with Gasteiger partial charge in [-0.2, -0.15) is 4.57 Å². The van der Waals surface area contributed by atoms with Gasteiger partial charge in [0.1, 0.15) is 5.75 Å². The van der Waals surface area contributed by atoms with E-state index in [0.29, 0.717) is 24.9 Å². The highest BCUT2D eigenvalue weighted by Gasteiger charge is 2.42. The molecule has 0 amide bonds. The maximum atomic E-state index is 13.2. The molecule has 5 heteroatoms. The van der Waals surface area contributed by atoms with Crippen LogP contribution in [0.25, 0.3) is 0 Å². The summed E-state index contributed by atoms with van der Waals surface area (Å²) < 4.78 is 8.37. The quantitative estimate of drug-likeness (QED) is 0.776. The number of carbonyl (C=O) groups excluding carboxylic acids is 1. The number of nitrogens with zero attached hydrogens (tertiary/aromatic N) is 1. The Morgan fingerprint density at radius 2 is 1.81 bits per heavy atom. The van der Waals surface area contributed by atoms with E-state index in [9.17, 15) is 9.90 Å². The molecule has 0 aliphatic carbocycles. The van der Waals surface area contributed by atoms with Crippen molar-refractivity contribution in [3.8, 4) is 11.5 Å². The lowest BCUT2D eigenvalue weighted by Crippen LogP contribution is -2.52. The van der Waals surface area contributed by atoms with E-state index >= 15 is 0 Å². The first kappa shape index (κ1) is 18.9. The third kappa shape index (κ3) is 2.82. The lowest BCUT2D eigenvalue weighted by molar-refractivity contribution is -0.691. The second kappa shape index (κ2) is 6.38. The summed E-state index contributed by atoms with van der Waals surface area (Å²) in [5.74, 6) is 0.912. The van der Waals surface area contributed by atoms with Crippen LogP contribution in [-0.2, 0) is 17.8 Å². The summed E-state index contributed by atoms with van der Waals surface area (Å²) >= 11 is 1.72. The SMILES string of the molecule is Cc1sc(C)[n+](CC(=O)C2(C)CCc3c(C)c([O-])c(C)c(C)c3O2)c1C. The Morgan fingerprint density at radius 1 is 1.15 bits per heavy atom. The number of aromatic nitrogens is 1. The van der Waals surface area contributed by atoms with Crippen molar-refractivity contribution in [1.82, 2.24) is 0 Å². The van der Waals surface area contributed by atoms with Crippen LogP contribution in [0.4, 0.5) is 0 Å². The highest BCUT2D eigenvalue weighted by Crippen LogP contribution is 2.42. The summed E-state index contributed by atoms with van der Waals surface area (Å²) in [6, 6.07) is 0. The van der Waals surface area contributed by atoms with Gasteiger partial charge in [-0.1, -0.05) is 22.5 Å². The molecule has 4 nitrogen and oxygen atoms in total. The number of hydrogen-bond acceptors (Lipinski definition) is 4. The fraction of sp³-hybridized carbons (Fsp3) is 0.524. The molecule has 1 aliphatic rings. The van der Waals surface area contributed by atoms with E-state index in [4.69, 9.17) is 4.74 Å². The molecule has 1 aromatic carbocycles. The Morgan fingerprint density at radius 3 is 2.38 bits per heavy atom. The van der Waals surface area contributed by atoms with Crippen molar-refractivity contribution in [2.24, 2.45) is 0 Å². The molecule has 140 valence electrons. The Bertz CT molecular complexity index is 913. The van der Waals surface area contributed by atoms with Crippen LogP contribution in [-0.4, -0.2) is 11.4 Å². The van der Waals surface area contributed by atoms with Gasteiger partial charge in [0.25, 0.3) is 0 Å². The maximum absolute atomic E-state index is 13.2. The Balaban J connectivity index is 1.94. The maximum Gasteiger partial charge on any atom is 0.240 e. The van der Waals surface area contributed by atoms with Gasteiger partial charge in [-0.3, -0.25) is 4.79 Å². The molecule has 0 saturated carbocycles. The van der Waals surface area contributed by atoms with Crippen molar-refractivity contribution in [1.29, 1.82) is 0 Å². The lowest BCUT2D eigenvalue weighted by Gasteiger charge is -2.37. The smallest absolute Gasteiger partial charge is 0.240 e. The number of ether oxygens (including phenoxy) is 1. The molecule has 1 unspecified atom stereocenters. The monoisotopic (exact) mass is 373 g/mol. The highest BCUT2D eigenvalue weighted by molar-refractivity contribution is 7.11. The van der Waals surface area contributed by atoms with Crippen molar-refractivity contribution in [2.75, 3.05) is 0 Å². The fourth-order valence-electron chi connectivity index (χ4n) is 3.75. The second-order valence-electron chi connectivity index (χ2n) is 7.62. The topological polar surface area (TPSA) is 53.2 Å². The number of fused-ring (bicyclic) bond motifs is 1. The molecule has 0 spiro atoms. The molecule has 1 aromatic heterocycles. The summed E-state index contributed by atoms with van der Waals surface area (Å²) in [6.07, 6.45) is 1.30. The zero-order valence-corrected chi connectivity index (χ0v) is 17.5. The van der Waals surface area contributed by atoms with Gasteiger partial charge in [0.05, 0.1) is 4.88 Å². The number of aryl methyl sites for hydroxylation is 2. The number of carbonyl (C=O) groups is 1. The molecule has 0 saturated heterocycles. The average Bonchev–Trinajstić information content (AvgIpc) is 2.84. The van der Waals surface area contributed by atoms with Gasteiger partial charge in [-0.05, 0) is 58.6 Å². The van der Waals surface area contributed by atoms with Gasteiger partial charge >= 0.3 is 0 Å². The molecule has 1 aliphatic heterocycles. The van der Waals surface area contributed by atoms with Gasteiger partial charge in [0.2, 0.25) is 17.3 Å². The summed E-state index contributed by atoms with van der Waals surface area (Å²) in [5.41, 5.74) is 3.58. The van der Waals surface area contributed by atoms with E-state index in [1.54, 1.807) is 11.3 Å². The Kier molecular flexibility index (Phi) is 4.63. The van der Waals surface area contributed by atoms with Crippen molar-refractivity contribution in [3.05, 3.63) is 37.8 Å². The summed E-state index contributed by atoms with van der Waals surface area (Å²) in [4.78, 5) is 14.4. The zero-order valence-electron chi connectivity index (χ0n) is 16.7. The first-order valence-electron chi connectivity index (χ1n) is 9.05. The zero-order chi connectivity index (χ0) is 19.4. The summed E-state index contributed by atoms with van der Waals surface area (Å²) in [5, 5.41) is 13.5. The minimum atomic E-state index is -0.858. The van der Waals surface area contributed by atoms with Crippen molar-refractivity contribution < 1.29 is 19.2 Å². The number of hydrogen-bond donors (Lipinski definition) is 0. The predicted octanol–water partition coefficient (Wildman–Crippen LogP) is 3.31. The molecule has 2 aromatic rings. The standard InChI is InChI=1S/C21H27NO3S/c1-11-12(2)20-17(13(3)19(11)24)8-9-21(7,25-20)18(23)10-22-14(4)15(5)26-16(22)6/h8-10H2,1-7H3. The number of benzene rings is 1. The van der Waals surface area contributed by atoms with Crippen LogP contribution < -0.4 is 14.4 Å². The van der Waals surface area contributed by atoms with Crippen LogP contribution in [0, 0.1) is 41.5 Å². The predicted molar refractivity (Wildman–Crippen MR) is 101 cm³/mol. The molecule has 0 bridgehead atoms. The molecule has 0 fully saturated rings. The van der Waals surface area contributed by atoms with Gasteiger partial charge in [0, 0.05) is 13.8 Å². The van der Waals surface area contributed by atoms with E-state index in [-0.39, 0.29) is 11.5 Å². The molecule has 0 radical (unpaired) electrons. The Hall–Kier alpha value is -1.88. The number of Topliss-reactive ketones (excluding diaryl/α,β-unsaturated/α-hetero) is 1. The van der Waals surface area contributed by atoms with Gasteiger partial charge in [0.15, 0.2) is 11.3 Å². The normalized spacial score (nSPS) is 19.2. The van der Waals surface area contributed by atoms with E-state index in [1.807, 2.05) is 34.6 Å². The molecular weight excluding hydrogens is 346 g/mol. The highest BCUT2D eigenvalue weighted by atomic mass is 32.1. The minimum absolute atomic E-state index is 0.0815. The number of thiazole rings is 1. The number of ketones is 1. The van der Waals surface area contributed by atoms with Crippen molar-refractivity contribution in [2.45, 2.75) is 73.5 Å². The first-order valence-corrected chi connectivity index (χ1v) is 9.87. The third-order valence-electron chi connectivity index (χ3n) is 5.98. The molecule has 1 atom stereocenters. The van der Waals surface area contributed by atoms with Crippen LogP contribution in [0.2, 0.25) is 0 Å². The fourth-order valence-corrected chi connectivity index (χ4v) is 4.76. The van der Waals surface area contributed by atoms with Crippen LogP contribution in [0.15, 0.2) is 0 Å². The van der Waals surface area contributed by atoms with Gasteiger partial charge in [-0.15, -0.1) is 5.75 Å². The Labute approximate surface area is 159 Å². The molecule has 3 rings (SSSR count). The third-order valence-corrected chi connectivity index (χ3v) is 7.09. The molecule has 26 heavy (non-hydrogen) atoms. The first-order chi connectivity index (χ1) is 12.1. The van der Waals surface area contributed by atoms with Gasteiger partial charge < -0.3 is 9.84 Å². The number of rotatable bonds is 3. The lowest BCUT2D eigenvalue weighted by atomic mass is 9.85. The molecule has 0 N–H and O–H groups in total. The molecule has 2 heterocycles. The second-order valence-corrected chi connectivity index (χ2v) is 9.02. The van der Waals surface area contributed by atoms with E-state index < -0.39 is 5.60 Å².